The van der Waals surface area contributed by atoms with E-state index in [0.29, 0.717) is 23.4 Å². The number of benzene rings is 3. The van der Waals surface area contributed by atoms with E-state index in [9.17, 15) is 14.7 Å². The second-order valence-corrected chi connectivity index (χ2v) is 9.58. The van der Waals surface area contributed by atoms with Gasteiger partial charge in [-0.3, -0.25) is 9.59 Å². The van der Waals surface area contributed by atoms with Gasteiger partial charge in [0.05, 0.1) is 12.1 Å². The van der Waals surface area contributed by atoms with Crippen LogP contribution in [0.5, 0.6) is 0 Å². The van der Waals surface area contributed by atoms with Crippen LogP contribution in [0.25, 0.3) is 5.57 Å². The summed E-state index contributed by atoms with van der Waals surface area (Å²) in [5.74, 6) is -0.681. The standard InChI is InChI=1S/C29H26ClNO3/c1-19-6-4-7-22(16-19)27(32)18-29(34)25-9-2-3-10-26(25)31(28(29)33)15-5-8-20-11-12-21-13-14-23(30)17-24(20)21/h2-4,6-7,9-11,13-14,16-17,34H,5,8,12,15,18H2,1H3/t29-/m1/s1. The van der Waals surface area contributed by atoms with E-state index in [1.54, 1.807) is 29.2 Å². The first-order valence-corrected chi connectivity index (χ1v) is 12.0. The molecule has 34 heavy (non-hydrogen) atoms. The Morgan fingerprint density at radius 3 is 2.74 bits per heavy atom. The third-order valence-corrected chi connectivity index (χ3v) is 7.04. The SMILES string of the molecule is Cc1cccc(C(=O)C[C@]2(O)C(=O)N(CCCC3=CCc4ccc(Cl)cc43)c3ccccc32)c1. The monoisotopic (exact) mass is 471 g/mol. The molecule has 1 atom stereocenters. The summed E-state index contributed by atoms with van der Waals surface area (Å²) in [7, 11) is 0. The average Bonchev–Trinajstić information content (AvgIpc) is 3.31. The summed E-state index contributed by atoms with van der Waals surface area (Å²) in [5, 5.41) is 12.2. The van der Waals surface area contributed by atoms with Crippen LogP contribution in [0.2, 0.25) is 5.02 Å². The van der Waals surface area contributed by atoms with Gasteiger partial charge in [0.25, 0.3) is 5.91 Å². The largest absolute Gasteiger partial charge is 0.375 e. The summed E-state index contributed by atoms with van der Waals surface area (Å²) >= 11 is 6.19. The highest BCUT2D eigenvalue weighted by atomic mass is 35.5. The van der Waals surface area contributed by atoms with Gasteiger partial charge in [-0.2, -0.15) is 0 Å². The number of carbonyl (C=O) groups is 2. The summed E-state index contributed by atoms with van der Waals surface area (Å²) < 4.78 is 0. The van der Waals surface area contributed by atoms with E-state index in [-0.39, 0.29) is 12.2 Å². The lowest BCUT2D eigenvalue weighted by atomic mass is 9.88. The lowest BCUT2D eigenvalue weighted by Gasteiger charge is -2.23. The number of rotatable bonds is 7. The fraction of sp³-hybridized carbons (Fsp3) is 0.241. The van der Waals surface area contributed by atoms with E-state index in [2.05, 4.69) is 12.1 Å². The van der Waals surface area contributed by atoms with Gasteiger partial charge >= 0.3 is 0 Å². The van der Waals surface area contributed by atoms with Crippen LogP contribution < -0.4 is 4.90 Å². The Morgan fingerprint density at radius 2 is 1.91 bits per heavy atom. The number of aryl methyl sites for hydroxylation is 1. The number of hydrogen-bond donors (Lipinski definition) is 1. The first kappa shape index (κ1) is 22.6. The molecular formula is C29H26ClNO3. The van der Waals surface area contributed by atoms with Crippen molar-refractivity contribution in [3.05, 3.63) is 106 Å². The highest BCUT2D eigenvalue weighted by Gasteiger charge is 2.50. The minimum atomic E-state index is -1.86. The predicted molar refractivity (Wildman–Crippen MR) is 135 cm³/mol. The zero-order chi connectivity index (χ0) is 23.9. The third kappa shape index (κ3) is 3.97. The lowest BCUT2D eigenvalue weighted by molar-refractivity contribution is -0.135. The normalized spacial score (nSPS) is 18.6. The van der Waals surface area contributed by atoms with E-state index in [1.165, 1.54) is 16.7 Å². The molecule has 5 rings (SSSR count). The first-order chi connectivity index (χ1) is 16.4. The van der Waals surface area contributed by atoms with E-state index in [1.807, 2.05) is 43.3 Å². The quantitative estimate of drug-likeness (QED) is 0.438. The molecule has 0 fully saturated rings. The lowest BCUT2D eigenvalue weighted by Crippen LogP contribution is -2.42. The average molecular weight is 472 g/mol. The summed E-state index contributed by atoms with van der Waals surface area (Å²) in [6.45, 7) is 2.37. The number of ketones is 1. The van der Waals surface area contributed by atoms with Crippen LogP contribution in [0.3, 0.4) is 0 Å². The number of halogens is 1. The van der Waals surface area contributed by atoms with Gasteiger partial charge < -0.3 is 10.0 Å². The minimum Gasteiger partial charge on any atom is -0.375 e. The fourth-order valence-electron chi connectivity index (χ4n) is 5.09. The predicted octanol–water partition coefficient (Wildman–Crippen LogP) is 5.88. The fourth-order valence-corrected chi connectivity index (χ4v) is 5.26. The molecule has 0 saturated heterocycles. The van der Waals surface area contributed by atoms with Crippen molar-refractivity contribution >= 4 is 34.6 Å². The summed E-state index contributed by atoms with van der Waals surface area (Å²) in [5.41, 5.74) is 4.47. The molecule has 1 aliphatic heterocycles. The number of nitrogens with zero attached hydrogens (tertiary/aromatic N) is 1. The van der Waals surface area contributed by atoms with Crippen molar-refractivity contribution in [1.82, 2.24) is 0 Å². The van der Waals surface area contributed by atoms with Crippen molar-refractivity contribution in [1.29, 1.82) is 0 Å². The molecule has 3 aromatic carbocycles. The molecule has 4 nitrogen and oxygen atoms in total. The molecule has 5 heteroatoms. The molecule has 0 bridgehead atoms. The number of hydrogen-bond acceptors (Lipinski definition) is 3. The van der Waals surface area contributed by atoms with Crippen LogP contribution in [0.4, 0.5) is 5.69 Å². The maximum atomic E-state index is 13.5. The molecule has 172 valence electrons. The highest BCUT2D eigenvalue weighted by Crippen LogP contribution is 2.43. The molecule has 0 aromatic heterocycles. The zero-order valence-corrected chi connectivity index (χ0v) is 19.8. The first-order valence-electron chi connectivity index (χ1n) is 11.6. The summed E-state index contributed by atoms with van der Waals surface area (Å²) in [6, 6.07) is 20.4. The molecule has 0 radical (unpaired) electrons. The van der Waals surface area contributed by atoms with E-state index < -0.39 is 11.5 Å². The Kier molecular flexibility index (Phi) is 5.88. The number of allylic oxidation sites excluding steroid dienone is 2. The van der Waals surface area contributed by atoms with Crippen molar-refractivity contribution < 1.29 is 14.7 Å². The number of Topliss-reactive ketones (excluding diaryl/α,β-unsaturated/α-hetero) is 1. The third-order valence-electron chi connectivity index (χ3n) is 6.81. The van der Waals surface area contributed by atoms with Crippen LogP contribution in [0.15, 0.2) is 72.8 Å². The number of anilines is 1. The second kappa shape index (κ2) is 8.86. The van der Waals surface area contributed by atoms with Crippen LogP contribution in [0.1, 0.15) is 51.9 Å². The molecule has 1 aliphatic carbocycles. The van der Waals surface area contributed by atoms with Crippen LogP contribution >= 0.6 is 11.6 Å². The molecule has 2 aliphatic rings. The number of fused-ring (bicyclic) bond motifs is 2. The minimum absolute atomic E-state index is 0.249. The van der Waals surface area contributed by atoms with Gasteiger partial charge in [0, 0.05) is 22.7 Å². The van der Waals surface area contributed by atoms with E-state index in [4.69, 9.17) is 11.6 Å². The Morgan fingerprint density at radius 1 is 1.09 bits per heavy atom. The Bertz CT molecular complexity index is 1330. The molecule has 1 N–H and O–H groups in total. The maximum absolute atomic E-state index is 13.5. The topological polar surface area (TPSA) is 57.6 Å². The van der Waals surface area contributed by atoms with Gasteiger partial charge in [0.2, 0.25) is 0 Å². The van der Waals surface area contributed by atoms with E-state index >= 15 is 0 Å². The smallest absolute Gasteiger partial charge is 0.264 e. The van der Waals surface area contributed by atoms with Gasteiger partial charge in [0.15, 0.2) is 11.4 Å². The Hall–Kier alpha value is -3.21. The molecule has 1 amide bonds. The summed E-state index contributed by atoms with van der Waals surface area (Å²) in [6.07, 6.45) is 4.38. The van der Waals surface area contributed by atoms with Gasteiger partial charge in [-0.05, 0) is 67.2 Å². The number of aliphatic hydroxyl groups is 1. The maximum Gasteiger partial charge on any atom is 0.264 e. The molecule has 3 aromatic rings. The summed E-state index contributed by atoms with van der Waals surface area (Å²) in [4.78, 5) is 28.1. The number of carbonyl (C=O) groups excluding carboxylic acids is 2. The van der Waals surface area contributed by atoms with E-state index in [0.717, 1.165) is 29.8 Å². The van der Waals surface area contributed by atoms with Gasteiger partial charge in [-0.25, -0.2) is 0 Å². The number of para-hydroxylation sites is 1. The molecule has 0 saturated carbocycles. The molecule has 0 spiro atoms. The van der Waals surface area contributed by atoms with Crippen LogP contribution in [-0.2, 0) is 16.8 Å². The Labute approximate surface area is 204 Å². The number of amides is 1. The highest BCUT2D eigenvalue weighted by molar-refractivity contribution is 6.30. The van der Waals surface area contributed by atoms with Crippen molar-refractivity contribution in [2.24, 2.45) is 0 Å². The van der Waals surface area contributed by atoms with Crippen LogP contribution in [0, 0.1) is 6.92 Å². The molecule has 1 heterocycles. The van der Waals surface area contributed by atoms with Crippen molar-refractivity contribution in [3.8, 4) is 0 Å². The molecular weight excluding hydrogens is 446 g/mol. The second-order valence-electron chi connectivity index (χ2n) is 9.14. The van der Waals surface area contributed by atoms with Crippen molar-refractivity contribution in [2.75, 3.05) is 11.4 Å². The van der Waals surface area contributed by atoms with Crippen molar-refractivity contribution in [2.45, 2.75) is 38.2 Å². The van der Waals surface area contributed by atoms with Gasteiger partial charge in [0.1, 0.15) is 0 Å². The zero-order valence-electron chi connectivity index (χ0n) is 19.1. The van der Waals surface area contributed by atoms with Gasteiger partial charge in [-0.15, -0.1) is 0 Å². The molecule has 0 unspecified atom stereocenters. The van der Waals surface area contributed by atoms with Crippen LogP contribution in [-0.4, -0.2) is 23.3 Å². The van der Waals surface area contributed by atoms with Crippen molar-refractivity contribution in [3.63, 3.8) is 0 Å². The van der Waals surface area contributed by atoms with Gasteiger partial charge in [-0.1, -0.05) is 65.7 Å². The Balaban J connectivity index is 1.33.